The number of piperazine rings is 1. The fraction of sp³-hybridized carbons (Fsp3) is 1.00. The van der Waals surface area contributed by atoms with E-state index in [-0.39, 0.29) is 18.6 Å². The quantitative estimate of drug-likeness (QED) is 0.570. The Balaban J connectivity index is 2.56. The lowest BCUT2D eigenvalue weighted by molar-refractivity contribution is 0.214. The summed E-state index contributed by atoms with van der Waals surface area (Å²) in [5.41, 5.74) is 0. The van der Waals surface area contributed by atoms with E-state index >= 15 is 0 Å². The Morgan fingerprint density at radius 1 is 1.38 bits per heavy atom. The highest BCUT2D eigenvalue weighted by molar-refractivity contribution is 7.87. The smallest absolute Gasteiger partial charge is 0.279 e. The minimum atomic E-state index is -3.41. The zero-order valence-corrected chi connectivity index (χ0v) is 10.6. The predicted octanol–water partition coefficient (Wildman–Crippen LogP) is -1.26. The molecule has 0 aromatic carbocycles. The Kier molecular flexibility index (Phi) is 5.13. The summed E-state index contributed by atoms with van der Waals surface area (Å²) in [6.07, 6.45) is 0. The molecule has 0 amide bonds. The average molecular weight is 251 g/mol. The number of nitrogens with one attached hydrogen (secondary N) is 2. The van der Waals surface area contributed by atoms with Crippen LogP contribution in [0.5, 0.6) is 0 Å². The highest BCUT2D eigenvalue weighted by Gasteiger charge is 2.26. The van der Waals surface area contributed by atoms with Crippen molar-refractivity contribution in [1.29, 1.82) is 0 Å². The Morgan fingerprint density at radius 2 is 1.94 bits per heavy atom. The summed E-state index contributed by atoms with van der Waals surface area (Å²) in [5.74, 6) is -0.0855. The van der Waals surface area contributed by atoms with E-state index in [1.807, 2.05) is 6.92 Å². The third-order valence-corrected chi connectivity index (χ3v) is 4.61. The van der Waals surface area contributed by atoms with E-state index in [1.165, 1.54) is 4.31 Å². The van der Waals surface area contributed by atoms with Gasteiger partial charge in [0, 0.05) is 38.8 Å². The molecular weight excluding hydrogens is 230 g/mol. The molecule has 3 N–H and O–H groups in total. The largest absolute Gasteiger partial charge is 0.396 e. The summed E-state index contributed by atoms with van der Waals surface area (Å²) < 4.78 is 27.9. The Morgan fingerprint density at radius 3 is 2.44 bits per heavy atom. The monoisotopic (exact) mass is 251 g/mol. The first-order chi connectivity index (χ1) is 7.47. The molecule has 1 heterocycles. The van der Waals surface area contributed by atoms with E-state index in [0.29, 0.717) is 26.2 Å². The number of hydrogen-bond donors (Lipinski definition) is 3. The van der Waals surface area contributed by atoms with Crippen LogP contribution in [0, 0.1) is 5.92 Å². The third-order valence-electron chi connectivity index (χ3n) is 2.89. The van der Waals surface area contributed by atoms with E-state index in [0.717, 1.165) is 0 Å². The van der Waals surface area contributed by atoms with Gasteiger partial charge in [-0.3, -0.25) is 0 Å². The van der Waals surface area contributed by atoms with Crippen LogP contribution in [-0.2, 0) is 10.2 Å². The van der Waals surface area contributed by atoms with Crippen molar-refractivity contribution in [2.24, 2.45) is 5.92 Å². The summed E-state index contributed by atoms with van der Waals surface area (Å²) in [7, 11) is -3.41. The summed E-state index contributed by atoms with van der Waals surface area (Å²) >= 11 is 0. The van der Waals surface area contributed by atoms with Crippen LogP contribution >= 0.6 is 0 Å². The average Bonchev–Trinajstić information content (AvgIpc) is 2.28. The summed E-state index contributed by atoms with van der Waals surface area (Å²) in [5, 5.41) is 12.1. The molecular formula is C9H21N3O3S. The van der Waals surface area contributed by atoms with E-state index in [9.17, 15) is 8.42 Å². The van der Waals surface area contributed by atoms with Crippen LogP contribution in [0.2, 0.25) is 0 Å². The van der Waals surface area contributed by atoms with Gasteiger partial charge in [-0.2, -0.15) is 17.4 Å². The fourth-order valence-corrected chi connectivity index (χ4v) is 2.98. The molecule has 1 saturated heterocycles. The molecule has 6 nitrogen and oxygen atoms in total. The molecule has 0 aromatic rings. The molecule has 0 radical (unpaired) electrons. The molecule has 0 bridgehead atoms. The minimum Gasteiger partial charge on any atom is -0.396 e. The number of nitrogens with zero attached hydrogens (tertiary/aromatic N) is 1. The maximum absolute atomic E-state index is 11.9. The van der Waals surface area contributed by atoms with Crippen molar-refractivity contribution < 1.29 is 13.5 Å². The van der Waals surface area contributed by atoms with Crippen LogP contribution in [0.25, 0.3) is 0 Å². The van der Waals surface area contributed by atoms with Gasteiger partial charge in [-0.15, -0.1) is 0 Å². The fourth-order valence-electron chi connectivity index (χ4n) is 1.47. The standard InChI is InChI=1S/C9H21N3O3S/c1-8(7-13)9(2)11-16(14,15)12-5-3-10-4-6-12/h8-11,13H,3-7H2,1-2H3. The van der Waals surface area contributed by atoms with Gasteiger partial charge >= 0.3 is 0 Å². The Hall–Kier alpha value is -0.210. The first-order valence-corrected chi connectivity index (χ1v) is 7.00. The van der Waals surface area contributed by atoms with Crippen molar-refractivity contribution in [3.05, 3.63) is 0 Å². The SMILES string of the molecule is CC(CO)C(C)NS(=O)(=O)N1CCNCC1. The molecule has 2 unspecified atom stereocenters. The van der Waals surface area contributed by atoms with Gasteiger partial charge < -0.3 is 10.4 Å². The number of rotatable bonds is 5. The molecule has 96 valence electrons. The predicted molar refractivity (Wildman–Crippen MR) is 62.2 cm³/mol. The van der Waals surface area contributed by atoms with E-state index in [4.69, 9.17) is 5.11 Å². The summed E-state index contributed by atoms with van der Waals surface area (Å²) in [6.45, 7) is 5.91. The molecule has 16 heavy (non-hydrogen) atoms. The molecule has 2 atom stereocenters. The second-order valence-corrected chi connectivity index (χ2v) is 5.92. The molecule has 1 aliphatic heterocycles. The van der Waals surface area contributed by atoms with Gasteiger partial charge in [-0.1, -0.05) is 6.92 Å². The van der Waals surface area contributed by atoms with Crippen LogP contribution < -0.4 is 10.0 Å². The maximum atomic E-state index is 11.9. The summed E-state index contributed by atoms with van der Waals surface area (Å²) in [4.78, 5) is 0. The number of hydrogen-bond acceptors (Lipinski definition) is 4. The zero-order valence-electron chi connectivity index (χ0n) is 9.81. The topological polar surface area (TPSA) is 81.7 Å². The van der Waals surface area contributed by atoms with Crippen LogP contribution in [0.15, 0.2) is 0 Å². The van der Waals surface area contributed by atoms with Crippen LogP contribution in [0.1, 0.15) is 13.8 Å². The molecule has 7 heteroatoms. The minimum absolute atomic E-state index is 0.0226. The lowest BCUT2D eigenvalue weighted by Crippen LogP contribution is -2.53. The van der Waals surface area contributed by atoms with Crippen molar-refractivity contribution in [2.75, 3.05) is 32.8 Å². The Labute approximate surface area is 97.2 Å². The first-order valence-electron chi connectivity index (χ1n) is 5.56. The molecule has 0 saturated carbocycles. The summed E-state index contributed by atoms with van der Waals surface area (Å²) in [6, 6.07) is -0.259. The van der Waals surface area contributed by atoms with Crippen molar-refractivity contribution in [3.63, 3.8) is 0 Å². The zero-order chi connectivity index (χ0) is 12.2. The normalized spacial score (nSPS) is 22.9. The van der Waals surface area contributed by atoms with Crippen molar-refractivity contribution in [3.8, 4) is 0 Å². The van der Waals surface area contributed by atoms with Crippen LogP contribution in [0.3, 0.4) is 0 Å². The van der Waals surface area contributed by atoms with Gasteiger partial charge in [0.25, 0.3) is 10.2 Å². The van der Waals surface area contributed by atoms with Crippen molar-refractivity contribution in [2.45, 2.75) is 19.9 Å². The van der Waals surface area contributed by atoms with E-state index < -0.39 is 10.2 Å². The third kappa shape index (κ3) is 3.67. The molecule has 0 aliphatic carbocycles. The Bertz CT molecular complexity index is 301. The lowest BCUT2D eigenvalue weighted by atomic mass is 10.1. The highest BCUT2D eigenvalue weighted by atomic mass is 32.2. The number of aliphatic hydroxyl groups excluding tert-OH is 1. The highest BCUT2D eigenvalue weighted by Crippen LogP contribution is 2.06. The second kappa shape index (κ2) is 5.92. The first kappa shape index (κ1) is 13.9. The van der Waals surface area contributed by atoms with Gasteiger partial charge in [0.1, 0.15) is 0 Å². The van der Waals surface area contributed by atoms with Gasteiger partial charge in [0.2, 0.25) is 0 Å². The van der Waals surface area contributed by atoms with Crippen molar-refractivity contribution >= 4 is 10.2 Å². The van der Waals surface area contributed by atoms with Gasteiger partial charge in [0.05, 0.1) is 0 Å². The molecule has 1 rings (SSSR count). The molecule has 1 fully saturated rings. The maximum Gasteiger partial charge on any atom is 0.279 e. The number of aliphatic hydroxyl groups is 1. The van der Waals surface area contributed by atoms with Crippen molar-refractivity contribution in [1.82, 2.24) is 14.3 Å². The van der Waals surface area contributed by atoms with Gasteiger partial charge in [-0.05, 0) is 12.8 Å². The molecule has 1 aliphatic rings. The molecule has 0 spiro atoms. The van der Waals surface area contributed by atoms with Gasteiger partial charge in [-0.25, -0.2) is 0 Å². The lowest BCUT2D eigenvalue weighted by Gasteiger charge is -2.29. The van der Waals surface area contributed by atoms with Crippen LogP contribution in [0.4, 0.5) is 0 Å². The van der Waals surface area contributed by atoms with E-state index in [1.54, 1.807) is 6.92 Å². The van der Waals surface area contributed by atoms with E-state index in [2.05, 4.69) is 10.0 Å². The molecule has 0 aromatic heterocycles. The van der Waals surface area contributed by atoms with Crippen LogP contribution in [-0.4, -0.2) is 56.7 Å². The van der Waals surface area contributed by atoms with Gasteiger partial charge in [0.15, 0.2) is 0 Å². The second-order valence-electron chi connectivity index (χ2n) is 4.22.